The molecule has 0 atom stereocenters. The largest absolute Gasteiger partial charge is 0.383 e. The van der Waals surface area contributed by atoms with Crippen LogP contribution in [0, 0.1) is 0 Å². The molecule has 84 valence electrons. The zero-order valence-corrected chi connectivity index (χ0v) is 10.6. The van der Waals surface area contributed by atoms with Gasteiger partial charge in [-0.05, 0) is 30.0 Å². The van der Waals surface area contributed by atoms with Crippen molar-refractivity contribution in [3.8, 4) is 0 Å². The van der Waals surface area contributed by atoms with E-state index in [1.54, 1.807) is 18.9 Å². The van der Waals surface area contributed by atoms with Crippen molar-refractivity contribution in [3.63, 3.8) is 0 Å². The van der Waals surface area contributed by atoms with E-state index in [1.165, 1.54) is 10.5 Å². The smallest absolute Gasteiger partial charge is 0.0587 e. The van der Waals surface area contributed by atoms with Crippen LogP contribution in [-0.4, -0.2) is 26.5 Å². The Balaban J connectivity index is 2.54. The van der Waals surface area contributed by atoms with E-state index >= 15 is 0 Å². The molecule has 0 bridgehead atoms. The van der Waals surface area contributed by atoms with E-state index in [0.29, 0.717) is 0 Å². The fraction of sp³-hybridized carbons (Fsp3) is 0.455. The van der Waals surface area contributed by atoms with Gasteiger partial charge in [-0.25, -0.2) is 0 Å². The standard InChI is InChI=1S/C11H16ClNOS/c1-14-6-5-13-8-9-7-10(12)3-4-11(9)15-2/h3-4,7,13H,5-6,8H2,1-2H3. The summed E-state index contributed by atoms with van der Waals surface area (Å²) in [5.74, 6) is 0. The van der Waals surface area contributed by atoms with E-state index in [2.05, 4.69) is 17.6 Å². The summed E-state index contributed by atoms with van der Waals surface area (Å²) < 4.78 is 4.97. The monoisotopic (exact) mass is 245 g/mol. The van der Waals surface area contributed by atoms with E-state index in [1.807, 2.05) is 12.1 Å². The number of benzene rings is 1. The number of rotatable bonds is 6. The van der Waals surface area contributed by atoms with E-state index in [-0.39, 0.29) is 0 Å². The third-order valence-electron chi connectivity index (χ3n) is 2.04. The molecule has 0 saturated carbocycles. The third kappa shape index (κ3) is 4.43. The van der Waals surface area contributed by atoms with Gasteiger partial charge in [-0.2, -0.15) is 0 Å². The summed E-state index contributed by atoms with van der Waals surface area (Å²) in [4.78, 5) is 1.27. The molecule has 0 fully saturated rings. The Kier molecular flexibility index (Phi) is 6.10. The normalized spacial score (nSPS) is 10.6. The Morgan fingerprint density at radius 2 is 2.27 bits per heavy atom. The van der Waals surface area contributed by atoms with Crippen LogP contribution in [0.5, 0.6) is 0 Å². The summed E-state index contributed by atoms with van der Waals surface area (Å²) in [6, 6.07) is 5.99. The number of hydrogen-bond donors (Lipinski definition) is 1. The first kappa shape index (κ1) is 12.8. The Hall–Kier alpha value is -0.220. The first-order valence-corrected chi connectivity index (χ1v) is 6.40. The molecule has 0 aliphatic carbocycles. The molecule has 0 heterocycles. The van der Waals surface area contributed by atoms with Gasteiger partial charge in [0.05, 0.1) is 6.61 Å². The molecule has 1 aromatic carbocycles. The highest BCUT2D eigenvalue weighted by atomic mass is 35.5. The maximum atomic E-state index is 5.95. The van der Waals surface area contributed by atoms with Crippen LogP contribution in [0.4, 0.5) is 0 Å². The topological polar surface area (TPSA) is 21.3 Å². The van der Waals surface area contributed by atoms with Gasteiger partial charge in [0.2, 0.25) is 0 Å². The van der Waals surface area contributed by atoms with Crippen LogP contribution in [0.15, 0.2) is 23.1 Å². The van der Waals surface area contributed by atoms with Gasteiger partial charge in [0.1, 0.15) is 0 Å². The van der Waals surface area contributed by atoms with Gasteiger partial charge in [0, 0.05) is 30.1 Å². The predicted octanol–water partition coefficient (Wildman–Crippen LogP) is 2.80. The minimum absolute atomic E-state index is 0.731. The molecule has 1 aromatic rings. The van der Waals surface area contributed by atoms with Gasteiger partial charge in [0.25, 0.3) is 0 Å². The van der Waals surface area contributed by atoms with Gasteiger partial charge in [-0.3, -0.25) is 0 Å². The lowest BCUT2D eigenvalue weighted by atomic mass is 10.2. The molecule has 1 rings (SSSR count). The van der Waals surface area contributed by atoms with Gasteiger partial charge in [-0.1, -0.05) is 11.6 Å². The second kappa shape index (κ2) is 7.12. The molecule has 4 heteroatoms. The van der Waals surface area contributed by atoms with Crippen molar-refractivity contribution in [2.45, 2.75) is 11.4 Å². The summed E-state index contributed by atoms with van der Waals surface area (Å²) >= 11 is 7.69. The Labute approximate surface area is 100 Å². The van der Waals surface area contributed by atoms with Crippen LogP contribution in [0.2, 0.25) is 5.02 Å². The van der Waals surface area contributed by atoms with Crippen molar-refractivity contribution in [1.82, 2.24) is 5.32 Å². The van der Waals surface area contributed by atoms with Gasteiger partial charge >= 0.3 is 0 Å². The number of thioether (sulfide) groups is 1. The van der Waals surface area contributed by atoms with Crippen molar-refractivity contribution < 1.29 is 4.74 Å². The van der Waals surface area contributed by atoms with E-state index in [9.17, 15) is 0 Å². The molecular weight excluding hydrogens is 230 g/mol. The minimum Gasteiger partial charge on any atom is -0.383 e. The highest BCUT2D eigenvalue weighted by Crippen LogP contribution is 2.23. The Bertz CT molecular complexity index is 307. The second-order valence-corrected chi connectivity index (χ2v) is 4.41. The van der Waals surface area contributed by atoms with Crippen LogP contribution >= 0.6 is 23.4 Å². The molecule has 0 amide bonds. The summed E-state index contributed by atoms with van der Waals surface area (Å²) in [6.07, 6.45) is 2.07. The van der Waals surface area contributed by atoms with Crippen molar-refractivity contribution in [2.75, 3.05) is 26.5 Å². The number of ether oxygens (including phenoxy) is 1. The van der Waals surface area contributed by atoms with Gasteiger partial charge in [-0.15, -0.1) is 11.8 Å². The molecule has 0 aromatic heterocycles. The highest BCUT2D eigenvalue weighted by Gasteiger charge is 2.01. The first-order chi connectivity index (χ1) is 7.27. The van der Waals surface area contributed by atoms with Crippen LogP contribution in [0.1, 0.15) is 5.56 Å². The summed E-state index contributed by atoms with van der Waals surface area (Å²) in [7, 11) is 1.70. The van der Waals surface area contributed by atoms with Crippen molar-refractivity contribution in [1.29, 1.82) is 0 Å². The first-order valence-electron chi connectivity index (χ1n) is 4.80. The fourth-order valence-electron chi connectivity index (χ4n) is 1.28. The molecule has 0 aliphatic rings. The van der Waals surface area contributed by atoms with E-state index < -0.39 is 0 Å². The van der Waals surface area contributed by atoms with Crippen molar-refractivity contribution in [3.05, 3.63) is 28.8 Å². The lowest BCUT2D eigenvalue weighted by molar-refractivity contribution is 0.199. The Morgan fingerprint density at radius 1 is 1.47 bits per heavy atom. The van der Waals surface area contributed by atoms with Crippen LogP contribution < -0.4 is 5.32 Å². The molecular formula is C11H16ClNOS. The molecule has 0 aliphatic heterocycles. The number of halogens is 1. The van der Waals surface area contributed by atoms with Crippen LogP contribution in [0.25, 0.3) is 0 Å². The van der Waals surface area contributed by atoms with Crippen molar-refractivity contribution in [2.24, 2.45) is 0 Å². The highest BCUT2D eigenvalue weighted by molar-refractivity contribution is 7.98. The maximum Gasteiger partial charge on any atom is 0.0587 e. The van der Waals surface area contributed by atoms with Gasteiger partial charge < -0.3 is 10.1 Å². The minimum atomic E-state index is 0.731. The Morgan fingerprint density at radius 3 is 2.93 bits per heavy atom. The zero-order chi connectivity index (χ0) is 11.1. The molecule has 0 radical (unpaired) electrons. The van der Waals surface area contributed by atoms with Crippen LogP contribution in [-0.2, 0) is 11.3 Å². The lowest BCUT2D eigenvalue weighted by Gasteiger charge is -2.09. The van der Waals surface area contributed by atoms with Gasteiger partial charge in [0.15, 0.2) is 0 Å². The third-order valence-corrected chi connectivity index (χ3v) is 3.11. The number of nitrogens with one attached hydrogen (secondary N) is 1. The average molecular weight is 246 g/mol. The second-order valence-electron chi connectivity index (χ2n) is 3.13. The zero-order valence-electron chi connectivity index (χ0n) is 9.05. The lowest BCUT2D eigenvalue weighted by Crippen LogP contribution is -2.18. The molecule has 15 heavy (non-hydrogen) atoms. The summed E-state index contributed by atoms with van der Waals surface area (Å²) in [5, 5.41) is 4.10. The van der Waals surface area contributed by atoms with Crippen molar-refractivity contribution >= 4 is 23.4 Å². The summed E-state index contributed by atoms with van der Waals surface area (Å²) in [5.41, 5.74) is 1.24. The van der Waals surface area contributed by atoms with E-state index in [0.717, 1.165) is 24.7 Å². The molecule has 0 saturated heterocycles. The molecule has 0 spiro atoms. The van der Waals surface area contributed by atoms with E-state index in [4.69, 9.17) is 16.3 Å². The molecule has 0 unspecified atom stereocenters. The number of methoxy groups -OCH3 is 1. The fourth-order valence-corrected chi connectivity index (χ4v) is 2.07. The quantitative estimate of drug-likeness (QED) is 0.615. The maximum absolute atomic E-state index is 5.95. The average Bonchev–Trinajstić information content (AvgIpc) is 2.25. The van der Waals surface area contributed by atoms with Crippen LogP contribution in [0.3, 0.4) is 0 Å². The number of hydrogen-bond acceptors (Lipinski definition) is 3. The molecule has 2 nitrogen and oxygen atoms in total. The predicted molar refractivity (Wildman–Crippen MR) is 66.8 cm³/mol. The SMILES string of the molecule is COCCNCc1cc(Cl)ccc1SC. The summed E-state index contributed by atoms with van der Waals surface area (Å²) in [6.45, 7) is 2.42. The molecule has 1 N–H and O–H groups in total.